The molecule has 1 aliphatic heterocycles. The Morgan fingerprint density at radius 1 is 1.12 bits per heavy atom. The number of rotatable bonds is 3. The molecule has 2 aliphatic rings. The first-order valence-electron chi connectivity index (χ1n) is 8.50. The number of aromatic carboxylic acids is 1. The first-order chi connectivity index (χ1) is 12.6. The second-order valence-corrected chi connectivity index (χ2v) is 6.52. The van der Waals surface area contributed by atoms with Gasteiger partial charge in [0.05, 0.1) is 5.56 Å². The van der Waals surface area contributed by atoms with Crippen LogP contribution in [0.5, 0.6) is 5.75 Å². The highest BCUT2D eigenvalue weighted by Crippen LogP contribution is 2.44. The van der Waals surface area contributed by atoms with Crippen molar-refractivity contribution in [1.82, 2.24) is 0 Å². The van der Waals surface area contributed by atoms with E-state index in [0.717, 1.165) is 40.3 Å². The van der Waals surface area contributed by atoms with Gasteiger partial charge in [0.15, 0.2) is 0 Å². The largest absolute Gasteiger partial charge is 0.478 e. The van der Waals surface area contributed by atoms with Crippen LogP contribution in [-0.2, 0) is 0 Å². The third-order valence-corrected chi connectivity index (χ3v) is 4.66. The number of hydrogen-bond donors (Lipinski definition) is 1. The molecular formula is C22H19NO3. The van der Waals surface area contributed by atoms with Gasteiger partial charge in [0.2, 0.25) is 0 Å². The van der Waals surface area contributed by atoms with Crippen molar-refractivity contribution >= 4 is 17.2 Å². The van der Waals surface area contributed by atoms with Crippen LogP contribution in [0.4, 0.5) is 5.69 Å². The Kier molecular flexibility index (Phi) is 3.88. The topological polar surface area (TPSA) is 49.8 Å². The first-order valence-corrected chi connectivity index (χ1v) is 8.50. The van der Waals surface area contributed by atoms with E-state index in [1.165, 1.54) is 0 Å². The van der Waals surface area contributed by atoms with E-state index in [0.29, 0.717) is 5.56 Å². The minimum absolute atomic E-state index is 0.290. The number of nitrogens with zero attached hydrogens (tertiary/aromatic N) is 1. The molecule has 0 atom stereocenters. The van der Waals surface area contributed by atoms with Gasteiger partial charge in [-0.2, -0.15) is 0 Å². The number of allylic oxidation sites excluding steroid dienone is 3. The highest BCUT2D eigenvalue weighted by atomic mass is 16.5. The van der Waals surface area contributed by atoms with Crippen LogP contribution in [-0.4, -0.2) is 25.2 Å². The zero-order chi connectivity index (χ0) is 18.3. The molecule has 1 heterocycles. The fourth-order valence-corrected chi connectivity index (χ4v) is 3.38. The van der Waals surface area contributed by atoms with Gasteiger partial charge in [-0.15, -0.1) is 0 Å². The number of hydrogen-bond acceptors (Lipinski definition) is 3. The maximum atomic E-state index is 11.8. The molecule has 0 bridgehead atoms. The third-order valence-electron chi connectivity index (χ3n) is 4.66. The SMILES string of the molecule is CN(C)c1ccc2c(c1)OC1=CCC=CC1=C2c1ccccc1C(=O)O. The molecule has 0 saturated heterocycles. The number of anilines is 1. The van der Waals surface area contributed by atoms with Crippen molar-refractivity contribution in [3.05, 3.63) is 88.7 Å². The molecule has 1 aliphatic carbocycles. The minimum atomic E-state index is -0.933. The molecule has 4 rings (SSSR count). The van der Waals surface area contributed by atoms with Crippen molar-refractivity contribution in [3.8, 4) is 5.75 Å². The predicted molar refractivity (Wildman–Crippen MR) is 103 cm³/mol. The summed E-state index contributed by atoms with van der Waals surface area (Å²) in [7, 11) is 3.96. The van der Waals surface area contributed by atoms with Crippen LogP contribution in [0.15, 0.2) is 72.0 Å². The summed E-state index contributed by atoms with van der Waals surface area (Å²) >= 11 is 0. The second kappa shape index (κ2) is 6.23. The van der Waals surface area contributed by atoms with Gasteiger partial charge in [-0.3, -0.25) is 0 Å². The van der Waals surface area contributed by atoms with Gasteiger partial charge in [0.1, 0.15) is 11.5 Å². The summed E-state index contributed by atoms with van der Waals surface area (Å²) in [4.78, 5) is 13.8. The Labute approximate surface area is 152 Å². The van der Waals surface area contributed by atoms with E-state index in [2.05, 4.69) is 6.08 Å². The quantitative estimate of drug-likeness (QED) is 0.890. The zero-order valence-electron chi connectivity index (χ0n) is 14.7. The molecule has 0 fully saturated rings. The fraction of sp³-hybridized carbons (Fsp3) is 0.136. The number of carboxylic acid groups (broad SMARTS) is 1. The minimum Gasteiger partial charge on any atom is -0.478 e. The Balaban J connectivity index is 2.02. The van der Waals surface area contributed by atoms with Crippen molar-refractivity contribution in [2.75, 3.05) is 19.0 Å². The van der Waals surface area contributed by atoms with E-state index >= 15 is 0 Å². The molecule has 0 amide bonds. The molecule has 0 saturated carbocycles. The maximum absolute atomic E-state index is 11.8. The van der Waals surface area contributed by atoms with Gasteiger partial charge in [0.25, 0.3) is 0 Å². The summed E-state index contributed by atoms with van der Waals surface area (Å²) in [6.07, 6.45) is 6.91. The standard InChI is InChI=1S/C22H19NO3/c1-23(2)14-11-12-18-20(13-14)26-19-10-6-5-9-17(19)21(18)15-7-3-4-8-16(15)22(24)25/h3-5,7-13H,6H2,1-2H3,(H,24,25). The van der Waals surface area contributed by atoms with E-state index in [-0.39, 0.29) is 5.56 Å². The monoisotopic (exact) mass is 345 g/mol. The maximum Gasteiger partial charge on any atom is 0.336 e. The Morgan fingerprint density at radius 3 is 2.69 bits per heavy atom. The summed E-state index contributed by atoms with van der Waals surface area (Å²) in [5.74, 6) is 0.597. The first kappa shape index (κ1) is 16.2. The average Bonchev–Trinajstić information content (AvgIpc) is 2.65. The Morgan fingerprint density at radius 2 is 1.92 bits per heavy atom. The van der Waals surface area contributed by atoms with Gasteiger partial charge in [-0.1, -0.05) is 30.4 Å². The Bertz CT molecular complexity index is 996. The molecule has 26 heavy (non-hydrogen) atoms. The fourth-order valence-electron chi connectivity index (χ4n) is 3.38. The normalized spacial score (nSPS) is 14.9. The molecule has 0 radical (unpaired) electrons. The predicted octanol–water partition coefficient (Wildman–Crippen LogP) is 4.49. The molecule has 4 nitrogen and oxygen atoms in total. The van der Waals surface area contributed by atoms with Gasteiger partial charge in [-0.25, -0.2) is 4.79 Å². The van der Waals surface area contributed by atoms with E-state index in [9.17, 15) is 9.90 Å². The molecule has 2 aromatic carbocycles. The van der Waals surface area contributed by atoms with Crippen LogP contribution in [0.3, 0.4) is 0 Å². The molecule has 130 valence electrons. The van der Waals surface area contributed by atoms with Crippen LogP contribution in [0.2, 0.25) is 0 Å². The van der Waals surface area contributed by atoms with E-state index < -0.39 is 5.97 Å². The lowest BCUT2D eigenvalue weighted by Gasteiger charge is -2.28. The van der Waals surface area contributed by atoms with E-state index in [1.807, 2.05) is 61.5 Å². The molecule has 2 aromatic rings. The summed E-state index contributed by atoms with van der Waals surface area (Å²) in [5, 5.41) is 9.66. The number of ether oxygens (including phenoxy) is 1. The average molecular weight is 345 g/mol. The lowest BCUT2D eigenvalue weighted by atomic mass is 9.85. The van der Waals surface area contributed by atoms with Gasteiger partial charge >= 0.3 is 5.97 Å². The lowest BCUT2D eigenvalue weighted by molar-refractivity contribution is 0.0696. The number of carboxylic acids is 1. The van der Waals surface area contributed by atoms with Crippen LogP contribution < -0.4 is 9.64 Å². The summed E-state index contributed by atoms with van der Waals surface area (Å²) < 4.78 is 6.16. The van der Waals surface area contributed by atoms with E-state index in [4.69, 9.17) is 4.74 Å². The molecule has 0 unspecified atom stereocenters. The highest BCUT2D eigenvalue weighted by molar-refractivity contribution is 6.00. The van der Waals surface area contributed by atoms with Crippen LogP contribution >= 0.6 is 0 Å². The van der Waals surface area contributed by atoms with Gasteiger partial charge in [-0.05, 0) is 36.3 Å². The number of benzene rings is 2. The second-order valence-electron chi connectivity index (χ2n) is 6.52. The van der Waals surface area contributed by atoms with Crippen LogP contribution in [0.1, 0.15) is 27.9 Å². The Hall–Kier alpha value is -3.27. The molecule has 4 heteroatoms. The van der Waals surface area contributed by atoms with Crippen LogP contribution in [0.25, 0.3) is 5.57 Å². The third kappa shape index (κ3) is 2.60. The van der Waals surface area contributed by atoms with Crippen molar-refractivity contribution in [2.45, 2.75) is 6.42 Å². The van der Waals surface area contributed by atoms with Crippen molar-refractivity contribution in [3.63, 3.8) is 0 Å². The smallest absolute Gasteiger partial charge is 0.336 e. The highest BCUT2D eigenvalue weighted by Gasteiger charge is 2.28. The molecule has 0 spiro atoms. The van der Waals surface area contributed by atoms with Gasteiger partial charge in [0, 0.05) is 42.6 Å². The summed E-state index contributed by atoms with van der Waals surface area (Å²) in [6, 6.07) is 13.1. The molecule has 0 aromatic heterocycles. The van der Waals surface area contributed by atoms with E-state index in [1.54, 1.807) is 12.1 Å². The molecular weight excluding hydrogens is 326 g/mol. The zero-order valence-corrected chi connectivity index (χ0v) is 14.7. The van der Waals surface area contributed by atoms with Crippen molar-refractivity contribution in [1.29, 1.82) is 0 Å². The molecule has 1 N–H and O–H groups in total. The summed E-state index contributed by atoms with van der Waals surface area (Å²) in [5.41, 5.74) is 4.76. The summed E-state index contributed by atoms with van der Waals surface area (Å²) in [6.45, 7) is 0. The number of fused-ring (bicyclic) bond motifs is 2. The van der Waals surface area contributed by atoms with Crippen LogP contribution in [0, 0.1) is 0 Å². The lowest BCUT2D eigenvalue weighted by Crippen LogP contribution is -2.15. The van der Waals surface area contributed by atoms with Gasteiger partial charge < -0.3 is 14.7 Å². The van der Waals surface area contributed by atoms with Crippen molar-refractivity contribution < 1.29 is 14.6 Å². The number of carbonyl (C=O) groups is 1. The van der Waals surface area contributed by atoms with Crippen molar-refractivity contribution in [2.24, 2.45) is 0 Å².